The summed E-state index contributed by atoms with van der Waals surface area (Å²) >= 11 is 0. The summed E-state index contributed by atoms with van der Waals surface area (Å²) in [6, 6.07) is 35.9. The van der Waals surface area contributed by atoms with Crippen molar-refractivity contribution in [2.75, 3.05) is 24.1 Å². The van der Waals surface area contributed by atoms with E-state index in [0.717, 1.165) is 33.9 Å². The lowest BCUT2D eigenvalue weighted by Gasteiger charge is -2.21. The summed E-state index contributed by atoms with van der Waals surface area (Å²) in [6.07, 6.45) is 0.640. The SMILES string of the molecule is CS(=O)(=O)Nc1cc(C(O)CN[C@H](CO)Cc2ccc(Oc3cccc4ccccc34)cc2)ccc1OCc1ccccc1. The molecular formula is C35H36N2O6S. The van der Waals surface area contributed by atoms with Crippen LogP contribution in [0.15, 0.2) is 115 Å². The van der Waals surface area contributed by atoms with Gasteiger partial charge in [0.05, 0.1) is 24.7 Å². The fraction of sp³-hybridized carbons (Fsp3) is 0.200. The van der Waals surface area contributed by atoms with Crippen LogP contribution >= 0.6 is 0 Å². The van der Waals surface area contributed by atoms with E-state index in [1.165, 1.54) is 0 Å². The van der Waals surface area contributed by atoms with E-state index in [1.807, 2.05) is 97.1 Å². The average molecular weight is 613 g/mol. The Morgan fingerprint density at radius 2 is 1.52 bits per heavy atom. The number of rotatable bonds is 14. The summed E-state index contributed by atoms with van der Waals surface area (Å²) < 4.78 is 38.6. The van der Waals surface area contributed by atoms with E-state index in [9.17, 15) is 18.6 Å². The summed E-state index contributed by atoms with van der Waals surface area (Å²) in [5.41, 5.74) is 2.68. The molecular weight excluding hydrogens is 576 g/mol. The standard InChI is InChI=1S/C35H36N2O6S/c1-44(40,41)37-32-21-28(16-19-35(32)42-24-26-8-3-2-4-9-26)33(39)22-36-29(23-38)20-25-14-17-30(18-15-25)43-34-13-7-11-27-10-5-6-12-31(27)34/h2-19,21,29,33,36-39H,20,22-24H2,1H3/t29-,33?/m0/s1. The number of hydrogen-bond donors (Lipinski definition) is 4. The van der Waals surface area contributed by atoms with Crippen LogP contribution in [0.1, 0.15) is 22.8 Å². The van der Waals surface area contributed by atoms with Crippen molar-refractivity contribution in [1.82, 2.24) is 5.32 Å². The van der Waals surface area contributed by atoms with Gasteiger partial charge in [-0.25, -0.2) is 8.42 Å². The topological polar surface area (TPSA) is 117 Å². The summed E-state index contributed by atoms with van der Waals surface area (Å²) in [4.78, 5) is 0. The molecule has 0 fully saturated rings. The van der Waals surface area contributed by atoms with Gasteiger partial charge in [-0.1, -0.05) is 84.9 Å². The second kappa shape index (κ2) is 14.4. The number of fused-ring (bicyclic) bond motifs is 1. The van der Waals surface area contributed by atoms with Gasteiger partial charge in [0.15, 0.2) is 0 Å². The van der Waals surface area contributed by atoms with Crippen LogP contribution in [0.25, 0.3) is 10.8 Å². The minimum absolute atomic E-state index is 0.131. The maximum atomic E-state index is 12.0. The first kappa shape index (κ1) is 31.0. The Morgan fingerprint density at radius 3 is 2.27 bits per heavy atom. The van der Waals surface area contributed by atoms with Crippen LogP contribution in [-0.2, 0) is 23.1 Å². The molecule has 8 nitrogen and oxygen atoms in total. The lowest BCUT2D eigenvalue weighted by Crippen LogP contribution is -2.37. The van der Waals surface area contributed by atoms with Crippen molar-refractivity contribution in [2.45, 2.75) is 25.2 Å². The maximum Gasteiger partial charge on any atom is 0.229 e. The second-order valence-corrected chi connectivity index (χ2v) is 12.4. The van der Waals surface area contributed by atoms with Crippen molar-refractivity contribution in [1.29, 1.82) is 0 Å². The van der Waals surface area contributed by atoms with Crippen LogP contribution in [0.5, 0.6) is 17.2 Å². The van der Waals surface area contributed by atoms with Gasteiger partial charge in [0.25, 0.3) is 0 Å². The Balaban J connectivity index is 1.19. The van der Waals surface area contributed by atoms with Crippen molar-refractivity contribution >= 4 is 26.5 Å². The van der Waals surface area contributed by atoms with Crippen molar-refractivity contribution in [2.24, 2.45) is 0 Å². The first-order valence-corrected chi connectivity index (χ1v) is 16.2. The van der Waals surface area contributed by atoms with E-state index < -0.39 is 16.1 Å². The van der Waals surface area contributed by atoms with Gasteiger partial charge in [0.2, 0.25) is 10.0 Å². The highest BCUT2D eigenvalue weighted by Crippen LogP contribution is 2.31. The molecule has 0 saturated heterocycles. The quantitative estimate of drug-likeness (QED) is 0.125. The zero-order valence-electron chi connectivity index (χ0n) is 24.4. The van der Waals surface area contributed by atoms with Gasteiger partial charge in [-0.15, -0.1) is 0 Å². The fourth-order valence-electron chi connectivity index (χ4n) is 4.88. The van der Waals surface area contributed by atoms with Gasteiger partial charge in [0.1, 0.15) is 23.9 Å². The summed E-state index contributed by atoms with van der Waals surface area (Å²) in [5.74, 6) is 1.85. The maximum absolute atomic E-state index is 12.0. The number of aliphatic hydroxyl groups is 2. The van der Waals surface area contributed by atoms with Crippen LogP contribution in [0.3, 0.4) is 0 Å². The lowest BCUT2D eigenvalue weighted by molar-refractivity contribution is 0.158. The molecule has 0 bridgehead atoms. The molecule has 4 N–H and O–H groups in total. The zero-order valence-corrected chi connectivity index (χ0v) is 25.2. The number of sulfonamides is 1. The van der Waals surface area contributed by atoms with Crippen molar-refractivity contribution in [3.63, 3.8) is 0 Å². The van der Waals surface area contributed by atoms with Gasteiger partial charge in [0, 0.05) is 18.0 Å². The van der Waals surface area contributed by atoms with E-state index in [1.54, 1.807) is 18.2 Å². The number of aliphatic hydroxyl groups excluding tert-OH is 2. The van der Waals surface area contributed by atoms with Crippen LogP contribution in [0.4, 0.5) is 5.69 Å². The van der Waals surface area contributed by atoms with Gasteiger partial charge < -0.3 is 25.0 Å². The largest absolute Gasteiger partial charge is 0.487 e. The number of hydrogen-bond acceptors (Lipinski definition) is 7. The van der Waals surface area contributed by atoms with Gasteiger partial charge in [-0.3, -0.25) is 4.72 Å². The normalized spacial score (nSPS) is 12.9. The number of benzene rings is 5. The highest BCUT2D eigenvalue weighted by molar-refractivity contribution is 7.92. The molecule has 2 atom stereocenters. The minimum atomic E-state index is -3.59. The third-order valence-electron chi connectivity index (χ3n) is 7.12. The minimum Gasteiger partial charge on any atom is -0.487 e. The molecule has 228 valence electrons. The van der Waals surface area contributed by atoms with E-state index >= 15 is 0 Å². The molecule has 5 rings (SSSR count). The molecule has 0 saturated carbocycles. The third kappa shape index (κ3) is 8.58. The summed E-state index contributed by atoms with van der Waals surface area (Å²) in [7, 11) is -3.59. The van der Waals surface area contributed by atoms with Crippen molar-refractivity contribution in [3.8, 4) is 17.2 Å². The number of nitrogens with one attached hydrogen (secondary N) is 2. The molecule has 1 unspecified atom stereocenters. The monoisotopic (exact) mass is 612 g/mol. The predicted octanol–water partition coefficient (Wildman–Crippen LogP) is 5.81. The molecule has 0 aliphatic heterocycles. The highest BCUT2D eigenvalue weighted by atomic mass is 32.2. The molecule has 0 aliphatic carbocycles. The Labute approximate surface area is 258 Å². The lowest BCUT2D eigenvalue weighted by atomic mass is 10.0. The molecule has 0 aliphatic rings. The highest BCUT2D eigenvalue weighted by Gasteiger charge is 2.17. The average Bonchev–Trinajstić information content (AvgIpc) is 3.03. The number of anilines is 1. The van der Waals surface area contributed by atoms with Crippen LogP contribution in [-0.4, -0.2) is 44.1 Å². The molecule has 0 spiro atoms. The summed E-state index contributed by atoms with van der Waals surface area (Å²) in [5, 5.41) is 26.3. The molecule has 5 aromatic rings. The van der Waals surface area contributed by atoms with Gasteiger partial charge in [-0.2, -0.15) is 0 Å². The van der Waals surface area contributed by atoms with Crippen LogP contribution < -0.4 is 19.5 Å². The van der Waals surface area contributed by atoms with Crippen LogP contribution in [0.2, 0.25) is 0 Å². The van der Waals surface area contributed by atoms with E-state index in [2.05, 4.69) is 10.0 Å². The Morgan fingerprint density at radius 1 is 0.795 bits per heavy atom. The first-order valence-electron chi connectivity index (χ1n) is 14.3. The van der Waals surface area contributed by atoms with Crippen molar-refractivity contribution in [3.05, 3.63) is 132 Å². The molecule has 0 heterocycles. The smallest absolute Gasteiger partial charge is 0.229 e. The zero-order chi connectivity index (χ0) is 30.9. The Hall–Kier alpha value is -4.41. The Bertz CT molecular complexity index is 1770. The van der Waals surface area contributed by atoms with E-state index in [4.69, 9.17) is 9.47 Å². The molecule has 0 amide bonds. The third-order valence-corrected chi connectivity index (χ3v) is 7.71. The Kier molecular flexibility index (Phi) is 10.1. The molecule has 0 radical (unpaired) electrons. The molecule has 44 heavy (non-hydrogen) atoms. The predicted molar refractivity (Wildman–Crippen MR) is 174 cm³/mol. The van der Waals surface area contributed by atoms with Crippen LogP contribution in [0, 0.1) is 0 Å². The van der Waals surface area contributed by atoms with Gasteiger partial charge in [-0.05, 0) is 58.8 Å². The number of ether oxygens (including phenoxy) is 2. The first-order chi connectivity index (χ1) is 21.3. The van der Waals surface area contributed by atoms with E-state index in [-0.39, 0.29) is 31.5 Å². The second-order valence-electron chi connectivity index (χ2n) is 10.6. The molecule has 0 aromatic heterocycles. The molecule has 9 heteroatoms. The fourth-order valence-corrected chi connectivity index (χ4v) is 5.44. The van der Waals surface area contributed by atoms with E-state index in [0.29, 0.717) is 23.5 Å². The molecule has 5 aromatic carbocycles. The van der Waals surface area contributed by atoms with Crippen molar-refractivity contribution < 1.29 is 28.1 Å². The van der Waals surface area contributed by atoms with Gasteiger partial charge >= 0.3 is 0 Å². The summed E-state index contributed by atoms with van der Waals surface area (Å²) in [6.45, 7) is 0.279.